The van der Waals surface area contributed by atoms with Gasteiger partial charge in [-0.25, -0.2) is 0 Å². The smallest absolute Gasteiger partial charge is 0.162 e. The Bertz CT molecular complexity index is 645. The van der Waals surface area contributed by atoms with Gasteiger partial charge in [0, 0.05) is 10.0 Å². The number of ether oxygens (including phenoxy) is 2. The molecule has 2 rings (SSSR count). The van der Waals surface area contributed by atoms with E-state index in [4.69, 9.17) is 9.47 Å². The number of nitrogens with zero attached hydrogens (tertiary/aromatic N) is 1. The zero-order valence-electron chi connectivity index (χ0n) is 13.4. The largest absolute Gasteiger partial charge is 0.493 e. The third-order valence-corrected chi connectivity index (χ3v) is 3.90. The molecule has 0 amide bonds. The highest BCUT2D eigenvalue weighted by Crippen LogP contribution is 2.33. The maximum atomic E-state index is 5.76. The summed E-state index contributed by atoms with van der Waals surface area (Å²) >= 11 is 3.55. The lowest BCUT2D eigenvalue weighted by Gasteiger charge is -2.12. The number of para-hydroxylation sites is 1. The normalized spacial score (nSPS) is 10.7. The first-order chi connectivity index (χ1) is 11.2. The summed E-state index contributed by atoms with van der Waals surface area (Å²) in [7, 11) is 1.64. The van der Waals surface area contributed by atoms with Gasteiger partial charge in [-0.05, 0) is 46.6 Å². The Morgan fingerprint density at radius 2 is 1.96 bits per heavy atom. The van der Waals surface area contributed by atoms with Crippen LogP contribution in [0.3, 0.4) is 0 Å². The molecule has 0 aliphatic carbocycles. The van der Waals surface area contributed by atoms with Gasteiger partial charge in [-0.3, -0.25) is 5.43 Å². The molecule has 0 aromatic heterocycles. The number of hydrazone groups is 1. The maximum absolute atomic E-state index is 5.76. The highest BCUT2D eigenvalue weighted by molar-refractivity contribution is 9.10. The Balaban J connectivity index is 2.09. The summed E-state index contributed by atoms with van der Waals surface area (Å²) < 4.78 is 12.1. The van der Waals surface area contributed by atoms with Gasteiger partial charge in [0.2, 0.25) is 0 Å². The van der Waals surface area contributed by atoms with Gasteiger partial charge in [-0.1, -0.05) is 31.5 Å². The highest BCUT2D eigenvalue weighted by atomic mass is 79.9. The van der Waals surface area contributed by atoms with Crippen molar-refractivity contribution in [2.24, 2.45) is 5.10 Å². The van der Waals surface area contributed by atoms with Crippen LogP contribution in [-0.2, 0) is 0 Å². The monoisotopic (exact) mass is 376 g/mol. The zero-order chi connectivity index (χ0) is 16.5. The lowest BCUT2D eigenvalue weighted by atomic mass is 10.2. The summed E-state index contributed by atoms with van der Waals surface area (Å²) in [6.45, 7) is 2.82. The van der Waals surface area contributed by atoms with Crippen LogP contribution in [0.2, 0.25) is 0 Å². The predicted molar refractivity (Wildman–Crippen MR) is 98.8 cm³/mol. The number of nitrogens with one attached hydrogen (secondary N) is 1. The molecule has 122 valence electrons. The van der Waals surface area contributed by atoms with Gasteiger partial charge in [-0.15, -0.1) is 0 Å². The van der Waals surface area contributed by atoms with E-state index in [0.717, 1.165) is 34.3 Å². The number of rotatable bonds is 8. The summed E-state index contributed by atoms with van der Waals surface area (Å²) in [6, 6.07) is 13.6. The molecule has 0 spiro atoms. The molecule has 4 nitrogen and oxygen atoms in total. The van der Waals surface area contributed by atoms with Crippen molar-refractivity contribution in [3.8, 4) is 11.5 Å². The van der Waals surface area contributed by atoms with Gasteiger partial charge in [0.1, 0.15) is 0 Å². The topological polar surface area (TPSA) is 42.8 Å². The molecule has 2 aromatic carbocycles. The minimum Gasteiger partial charge on any atom is -0.493 e. The number of hydrogen-bond donors (Lipinski definition) is 1. The third-order valence-electron chi connectivity index (χ3n) is 3.21. The Hall–Kier alpha value is -2.01. The van der Waals surface area contributed by atoms with Crippen LogP contribution in [0.4, 0.5) is 5.69 Å². The summed E-state index contributed by atoms with van der Waals surface area (Å²) in [5.41, 5.74) is 4.84. The predicted octanol–water partition coefficient (Wildman–Crippen LogP) is 5.08. The number of halogens is 1. The average molecular weight is 377 g/mol. The first-order valence-corrected chi connectivity index (χ1v) is 8.38. The van der Waals surface area contributed by atoms with Gasteiger partial charge < -0.3 is 9.47 Å². The van der Waals surface area contributed by atoms with Gasteiger partial charge in [0.25, 0.3) is 0 Å². The van der Waals surface area contributed by atoms with Crippen molar-refractivity contribution >= 4 is 27.8 Å². The van der Waals surface area contributed by atoms with Crippen molar-refractivity contribution in [1.82, 2.24) is 0 Å². The number of hydrogen-bond acceptors (Lipinski definition) is 4. The third kappa shape index (κ3) is 5.28. The lowest BCUT2D eigenvalue weighted by Crippen LogP contribution is -2.00. The molecule has 0 atom stereocenters. The van der Waals surface area contributed by atoms with Crippen LogP contribution in [0.5, 0.6) is 11.5 Å². The Kier molecular flexibility index (Phi) is 6.94. The van der Waals surface area contributed by atoms with Crippen LogP contribution in [-0.4, -0.2) is 19.9 Å². The minimum atomic E-state index is 0.683. The van der Waals surface area contributed by atoms with Gasteiger partial charge in [0.05, 0.1) is 25.6 Å². The van der Waals surface area contributed by atoms with Crippen molar-refractivity contribution in [1.29, 1.82) is 0 Å². The molecule has 5 heteroatoms. The van der Waals surface area contributed by atoms with E-state index in [-0.39, 0.29) is 0 Å². The molecule has 23 heavy (non-hydrogen) atoms. The highest BCUT2D eigenvalue weighted by Gasteiger charge is 2.09. The zero-order valence-corrected chi connectivity index (χ0v) is 15.0. The molecule has 0 saturated carbocycles. The maximum Gasteiger partial charge on any atom is 0.162 e. The second-order valence-corrected chi connectivity index (χ2v) is 5.82. The van der Waals surface area contributed by atoms with Gasteiger partial charge in [-0.2, -0.15) is 5.10 Å². The van der Waals surface area contributed by atoms with Gasteiger partial charge in [0.15, 0.2) is 11.5 Å². The average Bonchev–Trinajstić information content (AvgIpc) is 2.58. The molecule has 0 radical (unpaired) electrons. The number of methoxy groups -OCH3 is 1. The molecule has 0 unspecified atom stereocenters. The quantitative estimate of drug-likeness (QED) is 0.396. The molecule has 0 fully saturated rings. The van der Waals surface area contributed by atoms with Gasteiger partial charge >= 0.3 is 0 Å². The van der Waals surface area contributed by atoms with Crippen LogP contribution < -0.4 is 14.9 Å². The number of anilines is 1. The van der Waals surface area contributed by atoms with Crippen LogP contribution in [0.15, 0.2) is 52.0 Å². The fourth-order valence-electron chi connectivity index (χ4n) is 1.94. The molecule has 0 saturated heterocycles. The second-order valence-electron chi connectivity index (χ2n) is 4.96. The van der Waals surface area contributed by atoms with E-state index in [2.05, 4.69) is 33.4 Å². The van der Waals surface area contributed by atoms with E-state index in [0.29, 0.717) is 12.4 Å². The molecule has 0 aliphatic heterocycles. The SMILES string of the molecule is CCCCOc1cc(Br)c(C=NNc2ccccc2)cc1OC. The summed E-state index contributed by atoms with van der Waals surface area (Å²) in [4.78, 5) is 0. The fraction of sp³-hybridized carbons (Fsp3) is 0.278. The first kappa shape index (κ1) is 17.3. The van der Waals surface area contributed by atoms with E-state index in [1.54, 1.807) is 13.3 Å². The van der Waals surface area contributed by atoms with Crippen LogP contribution >= 0.6 is 15.9 Å². The van der Waals surface area contributed by atoms with E-state index >= 15 is 0 Å². The Morgan fingerprint density at radius 1 is 1.17 bits per heavy atom. The fourth-order valence-corrected chi connectivity index (χ4v) is 2.36. The molecule has 0 heterocycles. The van der Waals surface area contributed by atoms with E-state index in [9.17, 15) is 0 Å². The summed E-state index contributed by atoms with van der Waals surface area (Å²) in [5.74, 6) is 1.44. The molecular formula is C18H21BrN2O2. The summed E-state index contributed by atoms with van der Waals surface area (Å²) in [5, 5.41) is 4.25. The molecule has 0 bridgehead atoms. The van der Waals surface area contributed by atoms with Crippen molar-refractivity contribution in [3.63, 3.8) is 0 Å². The van der Waals surface area contributed by atoms with Crippen molar-refractivity contribution < 1.29 is 9.47 Å². The summed E-state index contributed by atoms with van der Waals surface area (Å²) in [6.07, 6.45) is 3.86. The minimum absolute atomic E-state index is 0.683. The second kappa shape index (κ2) is 9.20. The van der Waals surface area contributed by atoms with Crippen LogP contribution in [0.1, 0.15) is 25.3 Å². The van der Waals surface area contributed by atoms with Crippen LogP contribution in [0, 0.1) is 0 Å². The van der Waals surface area contributed by atoms with Crippen molar-refractivity contribution in [3.05, 3.63) is 52.5 Å². The molecule has 0 aliphatic rings. The van der Waals surface area contributed by atoms with Crippen molar-refractivity contribution in [2.75, 3.05) is 19.1 Å². The standard InChI is InChI=1S/C18H21BrN2O2/c1-3-4-10-23-18-12-16(19)14(11-17(18)22-2)13-20-21-15-8-6-5-7-9-15/h5-9,11-13,21H,3-4,10H2,1-2H3. The van der Waals surface area contributed by atoms with E-state index in [1.165, 1.54) is 0 Å². The van der Waals surface area contributed by atoms with E-state index in [1.807, 2.05) is 42.5 Å². The van der Waals surface area contributed by atoms with Crippen molar-refractivity contribution in [2.45, 2.75) is 19.8 Å². The van der Waals surface area contributed by atoms with Crippen LogP contribution in [0.25, 0.3) is 0 Å². The number of benzene rings is 2. The molecule has 2 aromatic rings. The Labute approximate surface area is 145 Å². The first-order valence-electron chi connectivity index (χ1n) is 7.59. The number of unbranched alkanes of at least 4 members (excludes halogenated alkanes) is 1. The molecular weight excluding hydrogens is 356 g/mol. The van der Waals surface area contributed by atoms with E-state index < -0.39 is 0 Å². The molecule has 1 N–H and O–H groups in total. The Morgan fingerprint density at radius 3 is 2.65 bits per heavy atom. The lowest BCUT2D eigenvalue weighted by molar-refractivity contribution is 0.288.